The highest BCUT2D eigenvalue weighted by molar-refractivity contribution is 5.92. The van der Waals surface area contributed by atoms with Crippen LogP contribution in [0.5, 0.6) is 0 Å². The van der Waals surface area contributed by atoms with Crippen molar-refractivity contribution in [1.29, 1.82) is 0 Å². The number of benzene rings is 1. The first-order chi connectivity index (χ1) is 8.74. The van der Waals surface area contributed by atoms with Crippen LogP contribution in [0.2, 0.25) is 0 Å². The van der Waals surface area contributed by atoms with Gasteiger partial charge in [-0.2, -0.15) is 0 Å². The maximum Gasteiger partial charge on any atom is 0.248 e. The highest BCUT2D eigenvalue weighted by Gasteiger charge is 2.00. The van der Waals surface area contributed by atoms with Crippen LogP contribution >= 0.6 is 0 Å². The van der Waals surface area contributed by atoms with Crippen molar-refractivity contribution in [1.82, 2.24) is 5.32 Å². The van der Waals surface area contributed by atoms with Crippen molar-refractivity contribution >= 4 is 5.91 Å². The summed E-state index contributed by atoms with van der Waals surface area (Å²) in [4.78, 5) is 11.0. The topological polar surface area (TPSA) is 73.6 Å². The van der Waals surface area contributed by atoms with Crippen LogP contribution in [0, 0.1) is 0 Å². The van der Waals surface area contributed by atoms with Gasteiger partial charge >= 0.3 is 0 Å². The smallest absolute Gasteiger partial charge is 0.248 e. The third kappa shape index (κ3) is 5.77. The van der Waals surface area contributed by atoms with Crippen molar-refractivity contribution in [3.05, 3.63) is 35.4 Å². The second kappa shape index (κ2) is 8.63. The van der Waals surface area contributed by atoms with Crippen LogP contribution in [0.3, 0.4) is 0 Å². The van der Waals surface area contributed by atoms with Crippen LogP contribution in [0.4, 0.5) is 0 Å². The SMILES string of the molecule is COCCOCCNCc1cccc(C(N)=O)c1. The van der Waals surface area contributed by atoms with E-state index in [2.05, 4.69) is 5.32 Å². The molecule has 0 aliphatic heterocycles. The summed E-state index contributed by atoms with van der Waals surface area (Å²) in [5.74, 6) is -0.403. The van der Waals surface area contributed by atoms with E-state index >= 15 is 0 Å². The summed E-state index contributed by atoms with van der Waals surface area (Å²) >= 11 is 0. The van der Waals surface area contributed by atoms with E-state index in [1.165, 1.54) is 0 Å². The van der Waals surface area contributed by atoms with Crippen LogP contribution < -0.4 is 11.1 Å². The molecule has 0 bridgehead atoms. The van der Waals surface area contributed by atoms with E-state index in [4.69, 9.17) is 15.2 Å². The molecule has 3 N–H and O–H groups in total. The van der Waals surface area contributed by atoms with Crippen LogP contribution in [0.25, 0.3) is 0 Å². The van der Waals surface area contributed by atoms with Gasteiger partial charge in [-0.25, -0.2) is 0 Å². The summed E-state index contributed by atoms with van der Waals surface area (Å²) in [6, 6.07) is 7.28. The van der Waals surface area contributed by atoms with E-state index in [1.807, 2.05) is 12.1 Å². The Morgan fingerprint density at radius 3 is 2.89 bits per heavy atom. The molecule has 18 heavy (non-hydrogen) atoms. The number of carbonyl (C=O) groups is 1. The number of primary amides is 1. The number of rotatable bonds is 9. The van der Waals surface area contributed by atoms with Crippen LogP contribution in [0.1, 0.15) is 15.9 Å². The van der Waals surface area contributed by atoms with E-state index in [-0.39, 0.29) is 0 Å². The minimum absolute atomic E-state index is 0.403. The number of carbonyl (C=O) groups excluding carboxylic acids is 1. The first-order valence-electron chi connectivity index (χ1n) is 5.90. The molecule has 5 heteroatoms. The van der Waals surface area contributed by atoms with Gasteiger partial charge in [0.05, 0.1) is 19.8 Å². The molecule has 1 aromatic carbocycles. The molecule has 0 atom stereocenters. The van der Waals surface area contributed by atoms with Crippen molar-refractivity contribution in [2.75, 3.05) is 33.5 Å². The zero-order valence-electron chi connectivity index (χ0n) is 10.6. The first kappa shape index (κ1) is 14.6. The molecule has 0 saturated heterocycles. The van der Waals surface area contributed by atoms with Gasteiger partial charge in [0.25, 0.3) is 0 Å². The Labute approximate surface area is 107 Å². The second-order valence-electron chi connectivity index (χ2n) is 3.85. The number of nitrogens with two attached hydrogens (primary N) is 1. The number of amides is 1. The lowest BCUT2D eigenvalue weighted by atomic mass is 10.1. The Kier molecular flexibility index (Phi) is 7.01. The molecule has 0 saturated carbocycles. The zero-order valence-corrected chi connectivity index (χ0v) is 10.6. The Morgan fingerprint density at radius 2 is 2.17 bits per heavy atom. The molecular weight excluding hydrogens is 232 g/mol. The standard InChI is InChI=1S/C13H20N2O3/c1-17-7-8-18-6-5-15-10-11-3-2-4-12(9-11)13(14)16/h2-4,9,15H,5-8,10H2,1H3,(H2,14,16). The fourth-order valence-electron chi connectivity index (χ4n) is 1.46. The quantitative estimate of drug-likeness (QED) is 0.629. The molecule has 1 rings (SSSR count). The molecule has 0 fully saturated rings. The predicted octanol–water partition coefficient (Wildman–Crippen LogP) is 0.538. The summed E-state index contributed by atoms with van der Waals surface area (Å²) in [6.45, 7) is 3.30. The van der Waals surface area contributed by atoms with Crippen molar-refractivity contribution in [2.24, 2.45) is 5.73 Å². The molecule has 5 nitrogen and oxygen atoms in total. The Hall–Kier alpha value is -1.43. The monoisotopic (exact) mass is 252 g/mol. The average Bonchev–Trinajstić information content (AvgIpc) is 2.38. The van der Waals surface area contributed by atoms with Crippen molar-refractivity contribution in [3.8, 4) is 0 Å². The molecule has 1 amide bonds. The van der Waals surface area contributed by atoms with Gasteiger partial charge < -0.3 is 20.5 Å². The van der Waals surface area contributed by atoms with E-state index in [1.54, 1.807) is 19.2 Å². The lowest BCUT2D eigenvalue weighted by molar-refractivity contribution is 0.0719. The molecule has 1 aromatic rings. The molecular formula is C13H20N2O3. The molecule has 0 aliphatic rings. The number of hydrogen-bond acceptors (Lipinski definition) is 4. The molecule has 0 heterocycles. The third-order valence-electron chi connectivity index (χ3n) is 2.40. The van der Waals surface area contributed by atoms with Crippen molar-refractivity contribution in [3.63, 3.8) is 0 Å². The van der Waals surface area contributed by atoms with E-state index in [9.17, 15) is 4.79 Å². The van der Waals surface area contributed by atoms with E-state index in [0.717, 1.165) is 12.1 Å². The van der Waals surface area contributed by atoms with Gasteiger partial charge in [-0.15, -0.1) is 0 Å². The molecule has 0 spiro atoms. The molecule has 0 aliphatic carbocycles. The Morgan fingerprint density at radius 1 is 1.33 bits per heavy atom. The molecule has 100 valence electrons. The van der Waals surface area contributed by atoms with Gasteiger partial charge in [-0.3, -0.25) is 4.79 Å². The second-order valence-corrected chi connectivity index (χ2v) is 3.85. The summed E-state index contributed by atoms with van der Waals surface area (Å²) in [5, 5.41) is 3.23. The normalized spacial score (nSPS) is 10.5. The molecule has 0 radical (unpaired) electrons. The third-order valence-corrected chi connectivity index (χ3v) is 2.40. The highest BCUT2D eigenvalue weighted by Crippen LogP contribution is 2.04. The molecule has 0 unspecified atom stereocenters. The van der Waals surface area contributed by atoms with Crippen LogP contribution in [0.15, 0.2) is 24.3 Å². The summed E-state index contributed by atoms with van der Waals surface area (Å²) in [6.07, 6.45) is 0. The highest BCUT2D eigenvalue weighted by atomic mass is 16.5. The maximum absolute atomic E-state index is 11.0. The van der Waals surface area contributed by atoms with Crippen LogP contribution in [-0.4, -0.2) is 39.4 Å². The van der Waals surface area contributed by atoms with Gasteiger partial charge in [0, 0.05) is 25.8 Å². The number of nitrogens with one attached hydrogen (secondary N) is 1. The van der Waals surface area contributed by atoms with Crippen molar-refractivity contribution in [2.45, 2.75) is 6.54 Å². The van der Waals surface area contributed by atoms with Gasteiger partial charge in [0.1, 0.15) is 0 Å². The van der Waals surface area contributed by atoms with Gasteiger partial charge in [0.2, 0.25) is 5.91 Å². The first-order valence-corrected chi connectivity index (χ1v) is 5.90. The van der Waals surface area contributed by atoms with Gasteiger partial charge in [-0.1, -0.05) is 12.1 Å². The minimum atomic E-state index is -0.403. The van der Waals surface area contributed by atoms with Crippen molar-refractivity contribution < 1.29 is 14.3 Å². The maximum atomic E-state index is 11.0. The van der Waals surface area contributed by atoms with Gasteiger partial charge in [-0.05, 0) is 17.7 Å². The fourth-order valence-corrected chi connectivity index (χ4v) is 1.46. The Balaban J connectivity index is 2.19. The fraction of sp³-hybridized carbons (Fsp3) is 0.462. The summed E-state index contributed by atoms with van der Waals surface area (Å²) in [7, 11) is 1.65. The number of ether oxygens (including phenoxy) is 2. The number of hydrogen-bond donors (Lipinski definition) is 2. The summed E-state index contributed by atoms with van der Waals surface area (Å²) in [5.41, 5.74) is 6.78. The predicted molar refractivity (Wildman–Crippen MR) is 69.4 cm³/mol. The van der Waals surface area contributed by atoms with Gasteiger partial charge in [0.15, 0.2) is 0 Å². The van der Waals surface area contributed by atoms with Crippen LogP contribution in [-0.2, 0) is 16.0 Å². The summed E-state index contributed by atoms with van der Waals surface area (Å²) < 4.78 is 10.2. The lowest BCUT2D eigenvalue weighted by Crippen LogP contribution is -2.20. The average molecular weight is 252 g/mol. The minimum Gasteiger partial charge on any atom is -0.382 e. The lowest BCUT2D eigenvalue weighted by Gasteiger charge is -2.06. The molecule has 0 aromatic heterocycles. The number of methoxy groups -OCH3 is 1. The van der Waals surface area contributed by atoms with E-state index < -0.39 is 5.91 Å². The Bertz CT molecular complexity index is 369. The largest absolute Gasteiger partial charge is 0.382 e. The zero-order chi connectivity index (χ0) is 13.2. The van der Waals surface area contributed by atoms with E-state index in [0.29, 0.717) is 31.9 Å².